The number of carbonyl (C=O) groups is 3. The van der Waals surface area contributed by atoms with Crippen LogP contribution in [0.1, 0.15) is 12.5 Å². The summed E-state index contributed by atoms with van der Waals surface area (Å²) in [6.45, 7) is 3.77. The number of benzene rings is 1. The van der Waals surface area contributed by atoms with Crippen LogP contribution in [0.25, 0.3) is 0 Å². The van der Waals surface area contributed by atoms with Gasteiger partial charge < -0.3 is 4.90 Å². The highest BCUT2D eigenvalue weighted by Gasteiger charge is 2.39. The van der Waals surface area contributed by atoms with Gasteiger partial charge in [0.15, 0.2) is 0 Å². The number of piperazine rings is 1. The van der Waals surface area contributed by atoms with Crippen LogP contribution in [0.2, 0.25) is 0 Å². The summed E-state index contributed by atoms with van der Waals surface area (Å²) in [7, 11) is 0. The van der Waals surface area contributed by atoms with Crippen molar-refractivity contribution in [1.82, 2.24) is 14.7 Å². The summed E-state index contributed by atoms with van der Waals surface area (Å²) in [5.41, 5.74) is 0.823. The first-order chi connectivity index (χ1) is 11.1. The lowest BCUT2D eigenvalue weighted by molar-refractivity contribution is -0.153. The third-order valence-corrected chi connectivity index (χ3v) is 4.03. The Labute approximate surface area is 134 Å². The van der Waals surface area contributed by atoms with Gasteiger partial charge in [-0.2, -0.15) is 0 Å². The predicted molar refractivity (Wildman–Crippen MR) is 83.9 cm³/mol. The molecular weight excluding hydrogens is 296 g/mol. The van der Waals surface area contributed by atoms with Gasteiger partial charge in [0, 0.05) is 31.7 Å². The van der Waals surface area contributed by atoms with E-state index in [0.717, 1.165) is 10.5 Å². The molecule has 1 fully saturated rings. The average molecular weight is 314 g/mol. The number of hydrogen-bond acceptors (Lipinski definition) is 4. The minimum Gasteiger partial charge on any atom is -0.333 e. The fraction of sp³-hybridized carbons (Fsp3) is 0.375. The van der Waals surface area contributed by atoms with E-state index in [4.69, 9.17) is 0 Å². The Morgan fingerprint density at radius 2 is 1.78 bits per heavy atom. The molecule has 0 radical (unpaired) electrons. The van der Waals surface area contributed by atoms with Gasteiger partial charge in [0.2, 0.25) is 0 Å². The lowest BCUT2D eigenvalue weighted by Gasteiger charge is -2.34. The van der Waals surface area contributed by atoms with Crippen LogP contribution in [0.5, 0.6) is 0 Å². The van der Waals surface area contributed by atoms with Crippen molar-refractivity contribution in [2.24, 2.45) is 4.99 Å². The van der Waals surface area contributed by atoms with Gasteiger partial charge in [-0.25, -0.2) is 4.79 Å². The van der Waals surface area contributed by atoms with Gasteiger partial charge in [0.25, 0.3) is 0 Å². The molecule has 0 atom stereocenters. The second-order valence-electron chi connectivity index (χ2n) is 5.35. The van der Waals surface area contributed by atoms with Crippen molar-refractivity contribution < 1.29 is 14.4 Å². The van der Waals surface area contributed by atoms with Crippen LogP contribution in [-0.2, 0) is 9.59 Å². The number of amidine groups is 1. The third-order valence-electron chi connectivity index (χ3n) is 4.03. The molecule has 7 heteroatoms. The molecule has 23 heavy (non-hydrogen) atoms. The molecule has 2 aliphatic heterocycles. The number of rotatable bonds is 2. The Balaban J connectivity index is 1.80. The average Bonchev–Trinajstić information content (AvgIpc) is 3.07. The highest BCUT2D eigenvalue weighted by molar-refractivity contribution is 6.38. The number of imide groups is 1. The Kier molecular flexibility index (Phi) is 4.10. The van der Waals surface area contributed by atoms with E-state index in [1.807, 2.05) is 37.3 Å². The highest BCUT2D eigenvalue weighted by Crippen LogP contribution is 2.16. The van der Waals surface area contributed by atoms with Crippen molar-refractivity contribution in [2.75, 3.05) is 32.7 Å². The number of amides is 4. The molecule has 0 aliphatic carbocycles. The molecule has 0 spiro atoms. The maximum atomic E-state index is 12.7. The van der Waals surface area contributed by atoms with Crippen LogP contribution in [-0.4, -0.2) is 71.1 Å². The van der Waals surface area contributed by atoms with Crippen LogP contribution in [0.3, 0.4) is 0 Å². The van der Waals surface area contributed by atoms with Gasteiger partial charge in [0.05, 0.1) is 6.54 Å². The molecule has 1 aromatic rings. The molecule has 0 aromatic heterocycles. The monoisotopic (exact) mass is 314 g/mol. The number of aliphatic imine (C=N–C) groups is 1. The molecule has 7 nitrogen and oxygen atoms in total. The number of urea groups is 1. The largest absolute Gasteiger partial charge is 0.333 e. The molecule has 120 valence electrons. The van der Waals surface area contributed by atoms with Gasteiger partial charge in [-0.05, 0) is 6.92 Å². The minimum absolute atomic E-state index is 0.218. The summed E-state index contributed by atoms with van der Waals surface area (Å²) in [5.74, 6) is -0.833. The van der Waals surface area contributed by atoms with E-state index in [0.29, 0.717) is 32.0 Å². The van der Waals surface area contributed by atoms with Crippen molar-refractivity contribution in [3.8, 4) is 0 Å². The van der Waals surface area contributed by atoms with Crippen molar-refractivity contribution in [3.05, 3.63) is 35.9 Å². The zero-order valence-electron chi connectivity index (χ0n) is 12.9. The first-order valence-electron chi connectivity index (χ1n) is 7.65. The van der Waals surface area contributed by atoms with Gasteiger partial charge in [0.1, 0.15) is 5.84 Å². The normalized spacial score (nSPS) is 18.5. The van der Waals surface area contributed by atoms with Crippen LogP contribution in [0.15, 0.2) is 35.3 Å². The van der Waals surface area contributed by atoms with E-state index in [9.17, 15) is 14.4 Å². The number of hydrogen-bond donors (Lipinski definition) is 0. The lowest BCUT2D eigenvalue weighted by Crippen LogP contribution is -2.59. The second kappa shape index (κ2) is 6.20. The van der Waals surface area contributed by atoms with Gasteiger partial charge in [-0.3, -0.25) is 24.4 Å². The summed E-state index contributed by atoms with van der Waals surface area (Å²) in [6, 6.07) is 8.89. The first-order valence-corrected chi connectivity index (χ1v) is 7.65. The molecule has 1 saturated heterocycles. The molecule has 2 heterocycles. The smallest absolute Gasteiger partial charge is 0.332 e. The van der Waals surface area contributed by atoms with Crippen LogP contribution in [0.4, 0.5) is 4.79 Å². The maximum absolute atomic E-state index is 12.7. The Hall–Kier alpha value is -2.70. The predicted octanol–water partition coefficient (Wildman–Crippen LogP) is 0.559. The van der Waals surface area contributed by atoms with E-state index in [2.05, 4.69) is 4.99 Å². The molecule has 1 aromatic carbocycles. The second-order valence-corrected chi connectivity index (χ2v) is 5.35. The Morgan fingerprint density at radius 1 is 1.04 bits per heavy atom. The third kappa shape index (κ3) is 2.69. The zero-order valence-corrected chi connectivity index (χ0v) is 12.9. The standard InChI is InChI=1S/C16H18N4O3/c1-2-18-10-11-20(15(22)14(18)21)16(23)19-9-8-17-13(19)12-6-4-3-5-7-12/h3-7H,2,8-11H2,1H3. The van der Waals surface area contributed by atoms with Crippen molar-refractivity contribution >= 4 is 23.7 Å². The van der Waals surface area contributed by atoms with Crippen molar-refractivity contribution in [2.45, 2.75) is 6.92 Å². The topological polar surface area (TPSA) is 73.3 Å². The quantitative estimate of drug-likeness (QED) is 0.749. The van der Waals surface area contributed by atoms with E-state index in [1.54, 1.807) is 0 Å². The minimum atomic E-state index is -0.762. The Morgan fingerprint density at radius 3 is 2.48 bits per heavy atom. The van der Waals surface area contributed by atoms with Gasteiger partial charge >= 0.3 is 17.8 Å². The number of likely N-dealkylation sites (N-methyl/N-ethyl adjacent to an activating group) is 1. The molecular formula is C16H18N4O3. The summed E-state index contributed by atoms with van der Waals surface area (Å²) in [6.07, 6.45) is 0. The molecule has 0 saturated carbocycles. The summed E-state index contributed by atoms with van der Waals surface area (Å²) in [5, 5.41) is 0. The Bertz CT molecular complexity index is 671. The van der Waals surface area contributed by atoms with Crippen LogP contribution in [0, 0.1) is 0 Å². The summed E-state index contributed by atoms with van der Waals surface area (Å²) in [4.78, 5) is 45.2. The van der Waals surface area contributed by atoms with Crippen LogP contribution < -0.4 is 0 Å². The SMILES string of the molecule is CCN1CCN(C(=O)N2CCN=C2c2ccccc2)C(=O)C1=O. The summed E-state index contributed by atoms with van der Waals surface area (Å²) < 4.78 is 0. The van der Waals surface area contributed by atoms with Crippen molar-refractivity contribution in [1.29, 1.82) is 0 Å². The molecule has 3 rings (SSSR count). The number of carbonyl (C=O) groups excluding carboxylic acids is 3. The zero-order chi connectivity index (χ0) is 16.4. The molecule has 4 amide bonds. The first kappa shape index (κ1) is 15.2. The lowest BCUT2D eigenvalue weighted by atomic mass is 10.2. The van der Waals surface area contributed by atoms with Crippen molar-refractivity contribution in [3.63, 3.8) is 0 Å². The van der Waals surface area contributed by atoms with Gasteiger partial charge in [-0.15, -0.1) is 0 Å². The van der Waals surface area contributed by atoms with E-state index in [1.165, 1.54) is 9.80 Å². The maximum Gasteiger partial charge on any atom is 0.332 e. The fourth-order valence-corrected chi connectivity index (χ4v) is 2.77. The molecule has 0 bridgehead atoms. The van der Waals surface area contributed by atoms with E-state index < -0.39 is 17.8 Å². The fourth-order valence-electron chi connectivity index (χ4n) is 2.77. The van der Waals surface area contributed by atoms with E-state index >= 15 is 0 Å². The molecule has 2 aliphatic rings. The number of nitrogens with zero attached hydrogens (tertiary/aromatic N) is 4. The molecule has 0 unspecified atom stereocenters. The summed E-state index contributed by atoms with van der Waals surface area (Å²) >= 11 is 0. The molecule has 0 N–H and O–H groups in total. The van der Waals surface area contributed by atoms with Gasteiger partial charge in [-0.1, -0.05) is 30.3 Å². The van der Waals surface area contributed by atoms with E-state index in [-0.39, 0.29) is 6.54 Å². The highest BCUT2D eigenvalue weighted by atomic mass is 16.2. The van der Waals surface area contributed by atoms with Crippen LogP contribution >= 0.6 is 0 Å².